The Morgan fingerprint density at radius 2 is 1.77 bits per heavy atom. The maximum absolute atomic E-state index is 12.5. The second kappa shape index (κ2) is 9.50. The zero-order valence-electron chi connectivity index (χ0n) is 15.6. The highest BCUT2D eigenvalue weighted by molar-refractivity contribution is 5.91. The highest BCUT2D eigenvalue weighted by atomic mass is 16.5. The minimum absolute atomic E-state index is 0.232. The van der Waals surface area contributed by atoms with E-state index in [1.54, 1.807) is 0 Å². The Bertz CT molecular complexity index is 544. The summed E-state index contributed by atoms with van der Waals surface area (Å²) in [4.78, 5) is 23.0. The van der Waals surface area contributed by atoms with Crippen molar-refractivity contribution in [3.63, 3.8) is 0 Å². The number of hydrogen-bond donors (Lipinski definition) is 1. The maximum Gasteiger partial charge on any atom is 0.303 e. The number of ether oxygens (including phenoxy) is 1. The molecule has 0 spiro atoms. The van der Waals surface area contributed by atoms with Crippen LogP contribution in [-0.4, -0.2) is 29.1 Å². The monoisotopic (exact) mass is 360 g/mol. The highest BCUT2D eigenvalue weighted by Crippen LogP contribution is 2.46. The van der Waals surface area contributed by atoms with Crippen LogP contribution in [0.15, 0.2) is 24.3 Å². The molecule has 2 heterocycles. The number of allylic oxidation sites excluding steroid dienone is 3. The molecular formula is C22H32O4. The van der Waals surface area contributed by atoms with Crippen molar-refractivity contribution in [1.82, 2.24) is 0 Å². The van der Waals surface area contributed by atoms with E-state index in [9.17, 15) is 9.59 Å². The number of carboxylic acid groups (broad SMARTS) is 1. The summed E-state index contributed by atoms with van der Waals surface area (Å²) in [6, 6.07) is 0. The number of carbonyl (C=O) groups excluding carboxylic acids is 1. The van der Waals surface area contributed by atoms with Crippen LogP contribution in [0.4, 0.5) is 0 Å². The number of rotatable bonds is 9. The van der Waals surface area contributed by atoms with Crippen molar-refractivity contribution >= 4 is 11.8 Å². The maximum atomic E-state index is 12.5. The topological polar surface area (TPSA) is 63.6 Å². The van der Waals surface area contributed by atoms with Gasteiger partial charge in [-0.1, -0.05) is 37.5 Å². The van der Waals surface area contributed by atoms with Crippen LogP contribution in [0.5, 0.6) is 0 Å². The second-order valence-electron chi connectivity index (χ2n) is 8.12. The van der Waals surface area contributed by atoms with Gasteiger partial charge in [0, 0.05) is 18.3 Å². The van der Waals surface area contributed by atoms with Crippen LogP contribution in [-0.2, 0) is 14.3 Å². The van der Waals surface area contributed by atoms with Gasteiger partial charge in [-0.3, -0.25) is 9.59 Å². The Labute approximate surface area is 156 Å². The Hall–Kier alpha value is -1.42. The standard InChI is InChI=1S/C22H32O4/c23-19(16-8-4-3-5-9-16)13-12-18-17(20-14-15-21(18)26-20)10-6-1-2-7-11-22(24)25/h1,6,12-13,16-18,20-21H,2-5,7-11,14-15H2,(H,24,25)/b6-1-,13-12+/t17-,18-,20+,21-/m0/s1. The van der Waals surface area contributed by atoms with Crippen molar-refractivity contribution in [3.8, 4) is 0 Å². The van der Waals surface area contributed by atoms with Gasteiger partial charge in [0.15, 0.2) is 5.78 Å². The fourth-order valence-corrected chi connectivity index (χ4v) is 4.86. The van der Waals surface area contributed by atoms with Crippen molar-refractivity contribution in [1.29, 1.82) is 0 Å². The first-order chi connectivity index (χ1) is 12.6. The van der Waals surface area contributed by atoms with Gasteiger partial charge in [0.25, 0.3) is 0 Å². The minimum atomic E-state index is -0.729. The summed E-state index contributed by atoms with van der Waals surface area (Å²) in [5, 5.41) is 8.67. The van der Waals surface area contributed by atoms with Gasteiger partial charge < -0.3 is 9.84 Å². The molecule has 4 heteroatoms. The number of carboxylic acids is 1. The predicted octanol–water partition coefficient (Wildman–Crippen LogP) is 4.69. The lowest BCUT2D eigenvalue weighted by Crippen LogP contribution is -2.25. The molecule has 1 saturated carbocycles. The molecule has 2 saturated heterocycles. The number of carbonyl (C=O) groups is 2. The average molecular weight is 360 g/mol. The van der Waals surface area contributed by atoms with Crippen molar-refractivity contribution < 1.29 is 19.4 Å². The van der Waals surface area contributed by atoms with E-state index < -0.39 is 5.97 Å². The van der Waals surface area contributed by atoms with Crippen LogP contribution < -0.4 is 0 Å². The van der Waals surface area contributed by atoms with Gasteiger partial charge in [-0.15, -0.1) is 0 Å². The molecule has 4 nitrogen and oxygen atoms in total. The van der Waals surface area contributed by atoms with E-state index in [1.807, 2.05) is 6.08 Å². The van der Waals surface area contributed by atoms with Gasteiger partial charge in [0.05, 0.1) is 12.2 Å². The molecule has 1 N–H and O–H groups in total. The summed E-state index contributed by atoms with van der Waals surface area (Å²) in [7, 11) is 0. The number of fused-ring (bicyclic) bond motifs is 2. The molecule has 3 rings (SSSR count). The van der Waals surface area contributed by atoms with E-state index in [2.05, 4.69) is 18.2 Å². The lowest BCUT2D eigenvalue weighted by Gasteiger charge is -2.25. The zero-order valence-corrected chi connectivity index (χ0v) is 15.6. The van der Waals surface area contributed by atoms with Crippen LogP contribution in [0.25, 0.3) is 0 Å². The van der Waals surface area contributed by atoms with Crippen molar-refractivity contribution in [2.24, 2.45) is 17.8 Å². The molecule has 4 atom stereocenters. The van der Waals surface area contributed by atoms with Gasteiger partial charge in [0.2, 0.25) is 0 Å². The Morgan fingerprint density at radius 3 is 2.54 bits per heavy atom. The molecule has 0 radical (unpaired) electrons. The SMILES string of the molecule is O=C(O)CCC/C=C\C[C@H]1[C@H](/C=C/C(=O)C2CCCCC2)[C@@H]2CC[C@H]1O2. The molecule has 0 amide bonds. The molecule has 2 bridgehead atoms. The number of ketones is 1. The first kappa shape index (κ1) is 19.3. The van der Waals surface area contributed by atoms with E-state index in [0.29, 0.717) is 30.1 Å². The first-order valence-corrected chi connectivity index (χ1v) is 10.4. The fraction of sp³-hybridized carbons (Fsp3) is 0.727. The molecule has 144 valence electrons. The molecule has 0 aromatic carbocycles. The molecular weight excluding hydrogens is 328 g/mol. The summed E-state index contributed by atoms with van der Waals surface area (Å²) in [5.74, 6) is 0.639. The first-order valence-electron chi connectivity index (χ1n) is 10.4. The largest absolute Gasteiger partial charge is 0.481 e. The number of aliphatic carboxylic acids is 1. The second-order valence-corrected chi connectivity index (χ2v) is 8.12. The third-order valence-corrected chi connectivity index (χ3v) is 6.31. The van der Waals surface area contributed by atoms with E-state index in [-0.39, 0.29) is 18.4 Å². The van der Waals surface area contributed by atoms with E-state index in [0.717, 1.165) is 38.5 Å². The fourth-order valence-electron chi connectivity index (χ4n) is 4.86. The normalized spacial score (nSPS) is 32.0. The van der Waals surface area contributed by atoms with Gasteiger partial charge in [-0.05, 0) is 56.9 Å². The third-order valence-electron chi connectivity index (χ3n) is 6.31. The van der Waals surface area contributed by atoms with Crippen molar-refractivity contribution in [2.45, 2.75) is 82.8 Å². The molecule has 0 aromatic heterocycles. The lowest BCUT2D eigenvalue weighted by molar-refractivity contribution is -0.137. The third kappa shape index (κ3) is 5.06. The van der Waals surface area contributed by atoms with E-state index >= 15 is 0 Å². The van der Waals surface area contributed by atoms with Gasteiger partial charge in [-0.2, -0.15) is 0 Å². The van der Waals surface area contributed by atoms with Crippen molar-refractivity contribution in [2.75, 3.05) is 0 Å². The molecule has 3 fully saturated rings. The van der Waals surface area contributed by atoms with Gasteiger partial charge in [0.1, 0.15) is 0 Å². The highest BCUT2D eigenvalue weighted by Gasteiger charge is 2.46. The molecule has 0 aromatic rings. The summed E-state index contributed by atoms with van der Waals surface area (Å²) >= 11 is 0. The Kier molecular flexibility index (Phi) is 7.07. The van der Waals surface area contributed by atoms with Crippen LogP contribution in [0.2, 0.25) is 0 Å². The summed E-state index contributed by atoms with van der Waals surface area (Å²) in [6.07, 6.45) is 19.6. The number of hydrogen-bond acceptors (Lipinski definition) is 3. The van der Waals surface area contributed by atoms with Crippen molar-refractivity contribution in [3.05, 3.63) is 24.3 Å². The molecule has 26 heavy (non-hydrogen) atoms. The molecule has 2 aliphatic heterocycles. The van der Waals surface area contributed by atoms with Crippen LogP contribution >= 0.6 is 0 Å². The van der Waals surface area contributed by atoms with Crippen LogP contribution in [0.1, 0.15) is 70.6 Å². The Balaban J connectivity index is 1.50. The molecule has 0 unspecified atom stereocenters. The predicted molar refractivity (Wildman–Crippen MR) is 101 cm³/mol. The summed E-state index contributed by atoms with van der Waals surface area (Å²) < 4.78 is 6.11. The summed E-state index contributed by atoms with van der Waals surface area (Å²) in [6.45, 7) is 0. The minimum Gasteiger partial charge on any atom is -0.481 e. The van der Waals surface area contributed by atoms with Gasteiger partial charge in [-0.25, -0.2) is 0 Å². The zero-order chi connectivity index (χ0) is 18.4. The summed E-state index contributed by atoms with van der Waals surface area (Å²) in [5.41, 5.74) is 0. The van der Waals surface area contributed by atoms with Crippen LogP contribution in [0.3, 0.4) is 0 Å². The number of unbranched alkanes of at least 4 members (excludes halogenated alkanes) is 1. The smallest absolute Gasteiger partial charge is 0.303 e. The quantitative estimate of drug-likeness (QED) is 0.368. The molecule has 3 aliphatic rings. The Morgan fingerprint density at radius 1 is 1.00 bits per heavy atom. The molecule has 1 aliphatic carbocycles. The van der Waals surface area contributed by atoms with Gasteiger partial charge >= 0.3 is 5.97 Å². The van der Waals surface area contributed by atoms with E-state index in [1.165, 1.54) is 19.3 Å². The van der Waals surface area contributed by atoms with Crippen LogP contribution in [0, 0.1) is 17.8 Å². The lowest BCUT2D eigenvalue weighted by atomic mass is 9.76. The average Bonchev–Trinajstić information content (AvgIpc) is 3.24. The van der Waals surface area contributed by atoms with E-state index in [4.69, 9.17) is 9.84 Å².